The maximum Gasteiger partial charge on any atom is 0.261 e. The van der Waals surface area contributed by atoms with Crippen molar-refractivity contribution in [1.82, 2.24) is 9.55 Å². The minimum atomic E-state index is 0.00741. The van der Waals surface area contributed by atoms with E-state index >= 15 is 0 Å². The van der Waals surface area contributed by atoms with E-state index in [0.717, 1.165) is 19.3 Å². The van der Waals surface area contributed by atoms with Crippen molar-refractivity contribution in [3.8, 4) is 0 Å². The lowest BCUT2D eigenvalue weighted by molar-refractivity contribution is 0.105. The highest BCUT2D eigenvalue weighted by atomic mass is 35.5. The van der Waals surface area contributed by atoms with Crippen LogP contribution in [0.15, 0.2) is 29.1 Å². The van der Waals surface area contributed by atoms with Gasteiger partial charge in [0.25, 0.3) is 5.56 Å². The first-order valence-corrected chi connectivity index (χ1v) is 7.37. The van der Waals surface area contributed by atoms with Gasteiger partial charge in [-0.3, -0.25) is 9.36 Å². The van der Waals surface area contributed by atoms with Gasteiger partial charge >= 0.3 is 0 Å². The molecule has 1 aromatic heterocycles. The second-order valence-electron chi connectivity index (χ2n) is 5.18. The molecule has 0 aliphatic heterocycles. The minimum absolute atomic E-state index is 0.00741. The number of ether oxygens (including phenoxy) is 1. The van der Waals surface area contributed by atoms with E-state index in [9.17, 15) is 4.79 Å². The Labute approximate surface area is 122 Å². The number of hydrogen-bond acceptors (Lipinski definition) is 3. The van der Waals surface area contributed by atoms with Gasteiger partial charge in [0, 0.05) is 13.2 Å². The maximum atomic E-state index is 12.7. The normalized spacial score (nSPS) is 22.5. The molecule has 1 fully saturated rings. The lowest BCUT2D eigenvalue weighted by Gasteiger charge is -2.18. The zero-order chi connectivity index (χ0) is 14.1. The number of para-hydroxylation sites is 1. The molecule has 2 unspecified atom stereocenters. The van der Waals surface area contributed by atoms with Crippen LogP contribution in [0.3, 0.4) is 0 Å². The van der Waals surface area contributed by atoms with Crippen molar-refractivity contribution in [2.24, 2.45) is 0 Å². The lowest BCUT2D eigenvalue weighted by Crippen LogP contribution is -2.28. The molecule has 106 valence electrons. The first kappa shape index (κ1) is 13.6. The molecule has 0 bridgehead atoms. The number of aromatic nitrogens is 2. The van der Waals surface area contributed by atoms with E-state index in [0.29, 0.717) is 16.7 Å². The Morgan fingerprint density at radius 2 is 2.20 bits per heavy atom. The van der Waals surface area contributed by atoms with Crippen molar-refractivity contribution in [1.29, 1.82) is 0 Å². The summed E-state index contributed by atoms with van der Waals surface area (Å²) in [7, 11) is 1.72. The molecule has 2 atom stereocenters. The van der Waals surface area contributed by atoms with Crippen LogP contribution in [-0.2, 0) is 10.6 Å². The second-order valence-corrected chi connectivity index (χ2v) is 5.45. The van der Waals surface area contributed by atoms with Gasteiger partial charge in [-0.2, -0.15) is 0 Å². The highest BCUT2D eigenvalue weighted by Crippen LogP contribution is 2.31. The van der Waals surface area contributed by atoms with Gasteiger partial charge in [0.1, 0.15) is 5.82 Å². The molecule has 0 N–H and O–H groups in total. The van der Waals surface area contributed by atoms with Crippen LogP contribution < -0.4 is 5.56 Å². The third-order valence-electron chi connectivity index (χ3n) is 4.06. The summed E-state index contributed by atoms with van der Waals surface area (Å²) in [5.41, 5.74) is 0.721. The maximum absolute atomic E-state index is 12.7. The Morgan fingerprint density at radius 1 is 1.40 bits per heavy atom. The number of rotatable bonds is 3. The van der Waals surface area contributed by atoms with E-state index in [2.05, 4.69) is 4.98 Å². The summed E-state index contributed by atoms with van der Waals surface area (Å²) in [6.45, 7) is 0. The fourth-order valence-electron chi connectivity index (χ4n) is 3.03. The summed E-state index contributed by atoms with van der Waals surface area (Å²) in [5.74, 6) is 0.894. The number of hydrogen-bond donors (Lipinski definition) is 0. The summed E-state index contributed by atoms with van der Waals surface area (Å²) >= 11 is 6.00. The van der Waals surface area contributed by atoms with E-state index < -0.39 is 0 Å². The van der Waals surface area contributed by atoms with E-state index in [4.69, 9.17) is 16.3 Å². The fourth-order valence-corrected chi connectivity index (χ4v) is 3.22. The van der Waals surface area contributed by atoms with Crippen molar-refractivity contribution >= 4 is 22.5 Å². The van der Waals surface area contributed by atoms with Crippen LogP contribution >= 0.6 is 11.6 Å². The Hall–Kier alpha value is -1.39. The Bertz CT molecular complexity index is 683. The first-order chi connectivity index (χ1) is 9.74. The van der Waals surface area contributed by atoms with Gasteiger partial charge in [0.2, 0.25) is 0 Å². The predicted molar refractivity (Wildman–Crippen MR) is 79.2 cm³/mol. The second kappa shape index (κ2) is 5.54. The van der Waals surface area contributed by atoms with E-state index in [1.54, 1.807) is 11.7 Å². The van der Waals surface area contributed by atoms with Gasteiger partial charge in [-0.1, -0.05) is 12.1 Å². The number of halogens is 1. The van der Waals surface area contributed by atoms with Gasteiger partial charge in [-0.05, 0) is 31.4 Å². The van der Waals surface area contributed by atoms with Gasteiger partial charge in [0.05, 0.1) is 22.9 Å². The van der Waals surface area contributed by atoms with Crippen molar-refractivity contribution in [3.05, 3.63) is 40.4 Å². The number of fused-ring (bicyclic) bond motifs is 1. The predicted octanol–water partition coefficient (Wildman–Crippen LogP) is 2.88. The van der Waals surface area contributed by atoms with Gasteiger partial charge in [-0.25, -0.2) is 4.98 Å². The number of benzene rings is 1. The molecule has 0 radical (unpaired) electrons. The third-order valence-corrected chi connectivity index (χ3v) is 4.29. The quantitative estimate of drug-likeness (QED) is 0.817. The monoisotopic (exact) mass is 292 g/mol. The summed E-state index contributed by atoms with van der Waals surface area (Å²) < 4.78 is 7.17. The molecule has 1 aliphatic carbocycles. The highest BCUT2D eigenvalue weighted by molar-refractivity contribution is 6.16. The fraction of sp³-hybridized carbons (Fsp3) is 0.467. The van der Waals surface area contributed by atoms with Crippen molar-refractivity contribution in [3.63, 3.8) is 0 Å². The van der Waals surface area contributed by atoms with Crippen LogP contribution in [0.5, 0.6) is 0 Å². The molecule has 5 heteroatoms. The molecule has 20 heavy (non-hydrogen) atoms. The number of methoxy groups -OCH3 is 1. The Balaban J connectivity index is 2.14. The molecule has 3 rings (SSSR count). The van der Waals surface area contributed by atoms with Crippen LogP contribution in [0, 0.1) is 0 Å². The van der Waals surface area contributed by atoms with Crippen LogP contribution in [0.25, 0.3) is 10.9 Å². The van der Waals surface area contributed by atoms with Gasteiger partial charge in [-0.15, -0.1) is 11.6 Å². The van der Waals surface area contributed by atoms with Crippen LogP contribution in [0.2, 0.25) is 0 Å². The molecule has 4 nitrogen and oxygen atoms in total. The van der Waals surface area contributed by atoms with Crippen LogP contribution in [0.4, 0.5) is 0 Å². The summed E-state index contributed by atoms with van der Waals surface area (Å²) in [5, 5.41) is 0.655. The molecule has 0 amide bonds. The van der Waals surface area contributed by atoms with Crippen LogP contribution in [-0.4, -0.2) is 22.8 Å². The van der Waals surface area contributed by atoms with E-state index in [1.807, 2.05) is 24.3 Å². The SMILES string of the molecule is COC1CCC(n2c(CCl)nc3ccccc3c2=O)C1. The molecule has 1 aliphatic rings. The smallest absolute Gasteiger partial charge is 0.261 e. The molecular formula is C15H17ClN2O2. The topological polar surface area (TPSA) is 44.1 Å². The van der Waals surface area contributed by atoms with E-state index in [-0.39, 0.29) is 23.6 Å². The molecule has 1 saturated carbocycles. The Kier molecular flexibility index (Phi) is 3.76. The number of alkyl halides is 1. The molecular weight excluding hydrogens is 276 g/mol. The summed E-state index contributed by atoms with van der Waals surface area (Å²) in [4.78, 5) is 17.3. The summed E-state index contributed by atoms with van der Waals surface area (Å²) in [6, 6.07) is 7.56. The average Bonchev–Trinajstić information content (AvgIpc) is 2.95. The minimum Gasteiger partial charge on any atom is -0.381 e. The van der Waals surface area contributed by atoms with Gasteiger partial charge in [0.15, 0.2) is 0 Å². The molecule has 1 heterocycles. The standard InChI is InChI=1S/C15H17ClN2O2/c1-20-11-7-6-10(8-11)18-14(9-16)17-13-5-3-2-4-12(13)15(18)19/h2-5,10-11H,6-9H2,1H3. The van der Waals surface area contributed by atoms with E-state index in [1.165, 1.54) is 0 Å². The van der Waals surface area contributed by atoms with Gasteiger partial charge < -0.3 is 4.74 Å². The van der Waals surface area contributed by atoms with Crippen molar-refractivity contribution in [2.75, 3.05) is 7.11 Å². The third kappa shape index (κ3) is 2.23. The number of nitrogens with zero attached hydrogens (tertiary/aromatic N) is 2. The largest absolute Gasteiger partial charge is 0.381 e. The molecule has 0 spiro atoms. The molecule has 0 saturated heterocycles. The lowest BCUT2D eigenvalue weighted by atomic mass is 10.2. The average molecular weight is 293 g/mol. The Morgan fingerprint density at radius 3 is 2.90 bits per heavy atom. The zero-order valence-electron chi connectivity index (χ0n) is 11.4. The molecule has 1 aromatic carbocycles. The van der Waals surface area contributed by atoms with Crippen molar-refractivity contribution in [2.45, 2.75) is 37.3 Å². The van der Waals surface area contributed by atoms with Crippen molar-refractivity contribution < 1.29 is 4.74 Å². The summed E-state index contributed by atoms with van der Waals surface area (Å²) in [6.07, 6.45) is 2.98. The zero-order valence-corrected chi connectivity index (χ0v) is 12.1. The molecule has 2 aromatic rings. The first-order valence-electron chi connectivity index (χ1n) is 6.83. The highest BCUT2D eigenvalue weighted by Gasteiger charge is 2.28. The van der Waals surface area contributed by atoms with Crippen LogP contribution in [0.1, 0.15) is 31.1 Å².